The van der Waals surface area contributed by atoms with Crippen LogP contribution in [0, 0.1) is 6.92 Å². The van der Waals surface area contributed by atoms with E-state index in [2.05, 4.69) is 47.1 Å². The largest absolute Gasteiger partial charge is 0.0827 e. The van der Waals surface area contributed by atoms with Crippen molar-refractivity contribution in [1.82, 2.24) is 0 Å². The first-order valence-electron chi connectivity index (χ1n) is 5.23. The first-order chi connectivity index (χ1) is 8.08. The lowest BCUT2D eigenvalue weighted by molar-refractivity contribution is 1.17. The molecule has 0 bridgehead atoms. The monoisotopic (exact) mass is 328 g/mol. The van der Waals surface area contributed by atoms with E-state index in [0.717, 1.165) is 5.56 Å². The summed E-state index contributed by atoms with van der Waals surface area (Å²) in [5, 5.41) is 1.17. The van der Waals surface area contributed by atoms with Gasteiger partial charge in [0, 0.05) is 0 Å². The lowest BCUT2D eigenvalue weighted by Crippen LogP contribution is -1.92. The van der Waals surface area contributed by atoms with Gasteiger partial charge in [0.15, 0.2) is 0 Å². The maximum absolute atomic E-state index is 6.02. The number of halogens is 3. The van der Waals surface area contributed by atoms with Crippen LogP contribution in [0.3, 0.4) is 0 Å². The number of hydrogen-bond acceptors (Lipinski definition) is 0. The van der Waals surface area contributed by atoms with Gasteiger partial charge in [-0.2, -0.15) is 0 Å². The number of aryl methyl sites for hydroxylation is 1. The summed E-state index contributed by atoms with van der Waals surface area (Å²) in [4.78, 5) is 0.137. The van der Waals surface area contributed by atoms with Crippen molar-refractivity contribution in [2.75, 3.05) is 0 Å². The Balaban J connectivity index is 2.33. The molecule has 2 rings (SSSR count). The fraction of sp³-hybridized carbons (Fsp3) is 0.143. The molecule has 17 heavy (non-hydrogen) atoms. The quantitative estimate of drug-likeness (QED) is 0.612. The van der Waals surface area contributed by atoms with E-state index in [4.69, 9.17) is 23.2 Å². The smallest absolute Gasteiger partial charge is 0.0645 e. The van der Waals surface area contributed by atoms with E-state index in [9.17, 15) is 0 Å². The van der Waals surface area contributed by atoms with Gasteiger partial charge in [-0.15, -0.1) is 0 Å². The summed E-state index contributed by atoms with van der Waals surface area (Å²) in [5.74, 6) is 0. The minimum Gasteiger partial charge on any atom is -0.0827 e. The minimum atomic E-state index is 0.137. The second-order valence-corrected chi connectivity index (χ2v) is 5.68. The molecule has 2 aromatic carbocycles. The van der Waals surface area contributed by atoms with Crippen LogP contribution in [-0.4, -0.2) is 0 Å². The highest BCUT2D eigenvalue weighted by Crippen LogP contribution is 2.34. The fourth-order valence-corrected chi connectivity index (χ4v) is 2.49. The van der Waals surface area contributed by atoms with Gasteiger partial charge in [0.25, 0.3) is 0 Å². The highest BCUT2D eigenvalue weighted by Gasteiger charge is 2.11. The van der Waals surface area contributed by atoms with E-state index in [1.54, 1.807) is 0 Å². The van der Waals surface area contributed by atoms with Crippen LogP contribution < -0.4 is 0 Å². The van der Waals surface area contributed by atoms with Crippen molar-refractivity contribution in [1.29, 1.82) is 0 Å². The van der Waals surface area contributed by atoms with Gasteiger partial charge in [0.05, 0.1) is 14.9 Å². The zero-order chi connectivity index (χ0) is 12.4. The van der Waals surface area contributed by atoms with Crippen molar-refractivity contribution >= 4 is 39.1 Å². The molecule has 0 saturated heterocycles. The predicted octanol–water partition coefficient (Wildman–Crippen LogP) is 5.79. The summed E-state index contributed by atoms with van der Waals surface area (Å²) in [6.07, 6.45) is 0. The van der Waals surface area contributed by atoms with E-state index in [1.165, 1.54) is 11.1 Å². The van der Waals surface area contributed by atoms with E-state index < -0.39 is 0 Å². The molecule has 0 amide bonds. The van der Waals surface area contributed by atoms with Gasteiger partial charge in [-0.25, -0.2) is 0 Å². The molecule has 1 atom stereocenters. The van der Waals surface area contributed by atoms with Crippen LogP contribution >= 0.6 is 39.1 Å². The van der Waals surface area contributed by atoms with Gasteiger partial charge in [0.2, 0.25) is 0 Å². The molecular weight excluding hydrogens is 319 g/mol. The fourth-order valence-electron chi connectivity index (χ4n) is 1.60. The Morgan fingerprint density at radius 3 is 2.06 bits per heavy atom. The van der Waals surface area contributed by atoms with Crippen molar-refractivity contribution in [3.8, 4) is 0 Å². The number of rotatable bonds is 2. The zero-order valence-electron chi connectivity index (χ0n) is 9.25. The molecule has 0 saturated carbocycles. The molecule has 0 nitrogen and oxygen atoms in total. The van der Waals surface area contributed by atoms with Crippen LogP contribution in [0.4, 0.5) is 0 Å². The third-order valence-electron chi connectivity index (χ3n) is 2.61. The molecule has 0 spiro atoms. The highest BCUT2D eigenvalue weighted by molar-refractivity contribution is 9.09. The average molecular weight is 330 g/mol. The molecule has 2 aromatic rings. The van der Waals surface area contributed by atoms with Crippen molar-refractivity contribution in [2.45, 2.75) is 11.8 Å². The molecule has 1 unspecified atom stereocenters. The van der Waals surface area contributed by atoms with Gasteiger partial charge in [-0.3, -0.25) is 0 Å². The Labute approximate surface area is 120 Å². The van der Waals surface area contributed by atoms with Crippen molar-refractivity contribution in [3.05, 3.63) is 69.2 Å². The average Bonchev–Trinajstić information content (AvgIpc) is 2.33. The Kier molecular flexibility index (Phi) is 4.13. The summed E-state index contributed by atoms with van der Waals surface area (Å²) in [6, 6.07) is 14.1. The van der Waals surface area contributed by atoms with E-state index in [1.807, 2.05) is 18.2 Å². The molecule has 0 heterocycles. The first kappa shape index (κ1) is 12.9. The van der Waals surface area contributed by atoms with Crippen LogP contribution in [0.25, 0.3) is 0 Å². The van der Waals surface area contributed by atoms with Crippen LogP contribution in [0.5, 0.6) is 0 Å². The van der Waals surface area contributed by atoms with Crippen molar-refractivity contribution < 1.29 is 0 Å². The van der Waals surface area contributed by atoms with Crippen LogP contribution in [0.15, 0.2) is 42.5 Å². The molecule has 0 aliphatic heterocycles. The van der Waals surface area contributed by atoms with Crippen LogP contribution in [-0.2, 0) is 0 Å². The van der Waals surface area contributed by atoms with E-state index in [0.29, 0.717) is 10.0 Å². The topological polar surface area (TPSA) is 0 Å². The van der Waals surface area contributed by atoms with Crippen LogP contribution in [0.2, 0.25) is 10.0 Å². The summed E-state index contributed by atoms with van der Waals surface area (Å²) < 4.78 is 0. The Morgan fingerprint density at radius 1 is 0.882 bits per heavy atom. The Morgan fingerprint density at radius 2 is 1.47 bits per heavy atom. The summed E-state index contributed by atoms with van der Waals surface area (Å²) in [6.45, 7) is 2.08. The van der Waals surface area contributed by atoms with Gasteiger partial charge in [-0.05, 0) is 30.2 Å². The third kappa shape index (κ3) is 3.04. The SMILES string of the molecule is Cc1ccc(C(Br)c2ccc(Cl)c(Cl)c2)cc1. The molecule has 0 aromatic heterocycles. The van der Waals surface area contributed by atoms with Gasteiger partial charge in [0.1, 0.15) is 0 Å². The second-order valence-electron chi connectivity index (χ2n) is 3.95. The molecule has 3 heteroatoms. The summed E-state index contributed by atoms with van der Waals surface area (Å²) in [5.41, 5.74) is 3.56. The maximum atomic E-state index is 6.02. The normalized spacial score (nSPS) is 12.5. The number of benzene rings is 2. The highest BCUT2D eigenvalue weighted by atomic mass is 79.9. The minimum absolute atomic E-state index is 0.137. The zero-order valence-corrected chi connectivity index (χ0v) is 12.4. The van der Waals surface area contributed by atoms with Gasteiger partial charge in [-0.1, -0.05) is 75.0 Å². The number of alkyl halides is 1. The molecule has 88 valence electrons. The third-order valence-corrected chi connectivity index (χ3v) is 4.40. The molecule has 0 aliphatic carbocycles. The molecule has 0 fully saturated rings. The Hall–Kier alpha value is -0.500. The molecule has 0 aliphatic rings. The summed E-state index contributed by atoms with van der Waals surface area (Å²) in [7, 11) is 0. The molecule has 0 radical (unpaired) electrons. The lowest BCUT2D eigenvalue weighted by atomic mass is 10.0. The Bertz CT molecular complexity index is 520. The lowest BCUT2D eigenvalue weighted by Gasteiger charge is -2.11. The maximum Gasteiger partial charge on any atom is 0.0645 e. The molecule has 0 N–H and O–H groups in total. The van der Waals surface area contributed by atoms with Gasteiger partial charge < -0.3 is 0 Å². The summed E-state index contributed by atoms with van der Waals surface area (Å²) >= 11 is 15.6. The van der Waals surface area contributed by atoms with Crippen LogP contribution in [0.1, 0.15) is 21.5 Å². The number of hydrogen-bond donors (Lipinski definition) is 0. The van der Waals surface area contributed by atoms with E-state index in [-0.39, 0.29) is 4.83 Å². The van der Waals surface area contributed by atoms with E-state index >= 15 is 0 Å². The first-order valence-corrected chi connectivity index (χ1v) is 6.90. The van der Waals surface area contributed by atoms with Gasteiger partial charge >= 0.3 is 0 Å². The standard InChI is InChI=1S/C14H11BrCl2/c1-9-2-4-10(5-3-9)14(15)11-6-7-12(16)13(17)8-11/h2-8,14H,1H3. The van der Waals surface area contributed by atoms with Crippen molar-refractivity contribution in [2.24, 2.45) is 0 Å². The molecular formula is C14H11BrCl2. The van der Waals surface area contributed by atoms with Crippen molar-refractivity contribution in [3.63, 3.8) is 0 Å². The second kappa shape index (κ2) is 5.43. The predicted molar refractivity (Wildman–Crippen MR) is 78.4 cm³/mol.